The molecular formula is C18H28N4O. The smallest absolute Gasteiger partial charge is 0.152 e. The van der Waals surface area contributed by atoms with Crippen LogP contribution in [-0.2, 0) is 6.54 Å². The number of ether oxygens (including phenoxy) is 1. The van der Waals surface area contributed by atoms with Crippen LogP contribution in [0.4, 0.5) is 0 Å². The van der Waals surface area contributed by atoms with E-state index in [-0.39, 0.29) is 6.29 Å². The maximum atomic E-state index is 6.02. The Labute approximate surface area is 139 Å². The Balaban J connectivity index is 1.40. The third-order valence-corrected chi connectivity index (χ3v) is 4.40. The second-order valence-electron chi connectivity index (χ2n) is 6.19. The van der Waals surface area contributed by atoms with Crippen LogP contribution in [0.1, 0.15) is 31.2 Å². The average Bonchev–Trinajstić information content (AvgIpc) is 3.12. The highest BCUT2D eigenvalue weighted by Crippen LogP contribution is 2.18. The molecule has 5 heteroatoms. The highest BCUT2D eigenvalue weighted by atomic mass is 16.5. The van der Waals surface area contributed by atoms with E-state index in [1.165, 1.54) is 37.9 Å². The molecule has 2 heterocycles. The van der Waals surface area contributed by atoms with Crippen LogP contribution in [0.15, 0.2) is 36.7 Å². The van der Waals surface area contributed by atoms with Crippen molar-refractivity contribution in [2.45, 2.75) is 38.5 Å². The van der Waals surface area contributed by atoms with Gasteiger partial charge >= 0.3 is 0 Å². The molecule has 1 fully saturated rings. The molecule has 0 atom stereocenters. The minimum Gasteiger partial charge on any atom is -0.493 e. The van der Waals surface area contributed by atoms with Crippen LogP contribution in [0.3, 0.4) is 0 Å². The number of nitrogens with one attached hydrogen (secondary N) is 3. The van der Waals surface area contributed by atoms with E-state index in [2.05, 4.69) is 39.0 Å². The Hall–Kier alpha value is -1.72. The molecule has 0 radical (unpaired) electrons. The van der Waals surface area contributed by atoms with E-state index in [1.54, 1.807) is 0 Å². The van der Waals surface area contributed by atoms with Crippen molar-refractivity contribution in [3.63, 3.8) is 0 Å². The molecule has 0 saturated carbocycles. The molecular weight excluding hydrogens is 288 g/mol. The Kier molecular flexibility index (Phi) is 6.17. The molecule has 126 valence electrons. The number of rotatable bonds is 8. The molecule has 3 rings (SSSR count). The van der Waals surface area contributed by atoms with E-state index in [1.807, 2.05) is 18.5 Å². The Morgan fingerprint density at radius 1 is 1.09 bits per heavy atom. The second-order valence-corrected chi connectivity index (χ2v) is 6.19. The van der Waals surface area contributed by atoms with Crippen LogP contribution in [0.5, 0.6) is 5.75 Å². The predicted molar refractivity (Wildman–Crippen MR) is 92.9 cm³/mol. The van der Waals surface area contributed by atoms with E-state index in [4.69, 9.17) is 4.74 Å². The average molecular weight is 316 g/mol. The molecule has 5 nitrogen and oxygen atoms in total. The maximum absolute atomic E-state index is 6.02. The molecule has 1 saturated heterocycles. The van der Waals surface area contributed by atoms with Crippen molar-refractivity contribution >= 4 is 0 Å². The molecule has 3 N–H and O–H groups in total. The number of para-hydroxylation sites is 1. The summed E-state index contributed by atoms with van der Waals surface area (Å²) in [6, 6.07) is 8.28. The third-order valence-electron chi connectivity index (χ3n) is 4.40. The van der Waals surface area contributed by atoms with E-state index in [0.717, 1.165) is 31.9 Å². The van der Waals surface area contributed by atoms with Crippen molar-refractivity contribution in [2.24, 2.45) is 0 Å². The fraction of sp³-hybridized carbons (Fsp3) is 0.556. The lowest BCUT2D eigenvalue weighted by molar-refractivity contribution is 0.204. The van der Waals surface area contributed by atoms with Gasteiger partial charge in [0.05, 0.1) is 6.61 Å². The molecule has 2 aliphatic rings. The number of benzene rings is 1. The van der Waals surface area contributed by atoms with Crippen LogP contribution < -0.4 is 20.7 Å². The van der Waals surface area contributed by atoms with Crippen LogP contribution in [-0.4, -0.2) is 37.4 Å². The van der Waals surface area contributed by atoms with Crippen molar-refractivity contribution in [3.05, 3.63) is 42.2 Å². The normalized spacial score (nSPS) is 18.6. The quantitative estimate of drug-likeness (QED) is 0.640. The fourth-order valence-electron chi connectivity index (χ4n) is 3.11. The van der Waals surface area contributed by atoms with Crippen LogP contribution >= 0.6 is 0 Å². The summed E-state index contributed by atoms with van der Waals surface area (Å²) < 4.78 is 6.02. The molecule has 0 aromatic heterocycles. The topological polar surface area (TPSA) is 48.6 Å². The molecule has 1 aromatic carbocycles. The summed E-state index contributed by atoms with van der Waals surface area (Å²) in [5, 5.41) is 9.78. The van der Waals surface area contributed by atoms with Gasteiger partial charge in [-0.15, -0.1) is 0 Å². The highest BCUT2D eigenvalue weighted by molar-refractivity contribution is 5.33. The number of nitrogens with zero attached hydrogens (tertiary/aromatic N) is 1. The lowest BCUT2D eigenvalue weighted by Gasteiger charge is -2.26. The molecule has 0 amide bonds. The van der Waals surface area contributed by atoms with Gasteiger partial charge in [0.25, 0.3) is 0 Å². The van der Waals surface area contributed by atoms with Gasteiger partial charge in [-0.1, -0.05) is 24.6 Å². The first-order valence-electron chi connectivity index (χ1n) is 8.75. The lowest BCUT2D eigenvalue weighted by atomic mass is 10.1. The Morgan fingerprint density at radius 2 is 1.87 bits per heavy atom. The van der Waals surface area contributed by atoms with E-state index in [9.17, 15) is 0 Å². The first-order valence-corrected chi connectivity index (χ1v) is 8.75. The zero-order valence-electron chi connectivity index (χ0n) is 13.8. The van der Waals surface area contributed by atoms with Gasteiger partial charge in [-0.2, -0.15) is 0 Å². The first kappa shape index (κ1) is 16.1. The monoisotopic (exact) mass is 316 g/mol. The number of hydrogen-bond donors (Lipinski definition) is 3. The molecule has 0 spiro atoms. The minimum atomic E-state index is 0.0992. The largest absolute Gasteiger partial charge is 0.493 e. The van der Waals surface area contributed by atoms with Gasteiger partial charge in [0.15, 0.2) is 6.29 Å². The lowest BCUT2D eigenvalue weighted by Crippen LogP contribution is -2.44. The molecule has 23 heavy (non-hydrogen) atoms. The SMILES string of the molecule is C1=CNC(NCc2ccccc2OCCCN2CCCCC2)N1. The van der Waals surface area contributed by atoms with Crippen molar-refractivity contribution in [2.75, 3.05) is 26.2 Å². The van der Waals surface area contributed by atoms with Gasteiger partial charge < -0.3 is 20.3 Å². The van der Waals surface area contributed by atoms with Gasteiger partial charge in [-0.3, -0.25) is 5.32 Å². The fourth-order valence-corrected chi connectivity index (χ4v) is 3.11. The Morgan fingerprint density at radius 3 is 2.70 bits per heavy atom. The first-order chi connectivity index (χ1) is 11.4. The van der Waals surface area contributed by atoms with Crippen molar-refractivity contribution < 1.29 is 4.74 Å². The molecule has 1 aromatic rings. The van der Waals surface area contributed by atoms with Crippen molar-refractivity contribution in [1.82, 2.24) is 20.9 Å². The van der Waals surface area contributed by atoms with Gasteiger partial charge in [0.1, 0.15) is 5.75 Å². The summed E-state index contributed by atoms with van der Waals surface area (Å²) in [6.45, 7) is 5.23. The summed E-state index contributed by atoms with van der Waals surface area (Å²) in [5.74, 6) is 0.990. The number of hydrogen-bond acceptors (Lipinski definition) is 5. The third kappa shape index (κ3) is 5.15. The number of likely N-dealkylation sites (tertiary alicyclic amines) is 1. The summed E-state index contributed by atoms with van der Waals surface area (Å²) in [7, 11) is 0. The predicted octanol–water partition coefficient (Wildman–Crippen LogP) is 1.98. The van der Waals surface area contributed by atoms with Gasteiger partial charge in [0.2, 0.25) is 0 Å². The van der Waals surface area contributed by atoms with E-state index < -0.39 is 0 Å². The molecule has 0 unspecified atom stereocenters. The van der Waals surface area contributed by atoms with Crippen LogP contribution in [0.25, 0.3) is 0 Å². The zero-order chi connectivity index (χ0) is 15.7. The summed E-state index contributed by atoms with van der Waals surface area (Å²) in [5.41, 5.74) is 1.20. The van der Waals surface area contributed by atoms with Crippen LogP contribution in [0, 0.1) is 0 Å². The summed E-state index contributed by atoms with van der Waals surface area (Å²) in [6.07, 6.45) is 9.11. The van der Waals surface area contributed by atoms with Crippen molar-refractivity contribution in [3.8, 4) is 5.75 Å². The molecule has 2 aliphatic heterocycles. The van der Waals surface area contributed by atoms with E-state index in [0.29, 0.717) is 0 Å². The highest BCUT2D eigenvalue weighted by Gasteiger charge is 2.11. The van der Waals surface area contributed by atoms with E-state index >= 15 is 0 Å². The molecule has 0 bridgehead atoms. The van der Waals surface area contributed by atoms with Gasteiger partial charge in [0, 0.05) is 31.1 Å². The standard InChI is InChI=1S/C18H28N4O/c1-4-11-22(12-5-1)13-6-14-23-17-8-3-2-7-16(17)15-21-18-19-9-10-20-18/h2-3,7-10,18-21H,1,4-6,11-15H2. The summed E-state index contributed by atoms with van der Waals surface area (Å²) in [4.78, 5) is 2.56. The maximum Gasteiger partial charge on any atom is 0.152 e. The minimum absolute atomic E-state index is 0.0992. The van der Waals surface area contributed by atoms with Gasteiger partial charge in [-0.05, 0) is 38.4 Å². The second kappa shape index (κ2) is 8.79. The van der Waals surface area contributed by atoms with Crippen LogP contribution in [0.2, 0.25) is 0 Å². The zero-order valence-corrected chi connectivity index (χ0v) is 13.8. The van der Waals surface area contributed by atoms with Crippen molar-refractivity contribution in [1.29, 1.82) is 0 Å². The number of piperidine rings is 1. The molecule has 0 aliphatic carbocycles. The summed E-state index contributed by atoms with van der Waals surface area (Å²) >= 11 is 0. The van der Waals surface area contributed by atoms with Gasteiger partial charge in [-0.25, -0.2) is 0 Å². The Bertz CT molecular complexity index is 492.